The maximum absolute atomic E-state index is 10.4. The molecule has 9 heavy (non-hydrogen) atoms. The minimum atomic E-state index is -0.636. The molecule has 0 amide bonds. The van der Waals surface area contributed by atoms with Gasteiger partial charge in [-0.3, -0.25) is 0 Å². The number of carbonyl (C=O) groups is 1. The average molecular weight is 128 g/mol. The van der Waals surface area contributed by atoms with Crippen molar-refractivity contribution in [2.24, 2.45) is 0 Å². The molecule has 0 saturated carbocycles. The van der Waals surface area contributed by atoms with E-state index >= 15 is 0 Å². The summed E-state index contributed by atoms with van der Waals surface area (Å²) in [5.41, 5.74) is 0. The first-order chi connectivity index (χ1) is 4.20. The van der Waals surface area contributed by atoms with Crippen LogP contribution in [0.2, 0.25) is 0 Å². The molecular weight excluding hydrogens is 120 g/mol. The molecule has 0 aromatic carbocycles. The van der Waals surface area contributed by atoms with Gasteiger partial charge in [-0.15, -0.1) is 0 Å². The van der Waals surface area contributed by atoms with Crippen molar-refractivity contribution in [3.05, 3.63) is 12.2 Å². The van der Waals surface area contributed by atoms with Crippen LogP contribution >= 0.6 is 0 Å². The van der Waals surface area contributed by atoms with Crippen molar-refractivity contribution in [3.8, 4) is 0 Å². The lowest BCUT2D eigenvalue weighted by Gasteiger charge is -2.18. The van der Waals surface area contributed by atoms with Crippen LogP contribution in [-0.2, 0) is 9.53 Å². The molecule has 0 aromatic heterocycles. The fourth-order valence-electron chi connectivity index (χ4n) is 0.626. The fourth-order valence-corrected chi connectivity index (χ4v) is 0.626. The molecule has 0 aliphatic carbocycles. The number of aliphatic hydroxyl groups excluding tert-OH is 1. The molecular formula is C6H8O3. The minimum absolute atomic E-state index is 0.382. The van der Waals surface area contributed by atoms with Gasteiger partial charge in [-0.2, -0.15) is 0 Å². The first kappa shape index (κ1) is 6.29. The summed E-state index contributed by atoms with van der Waals surface area (Å²) in [4.78, 5) is 10.4. The van der Waals surface area contributed by atoms with E-state index in [0.717, 1.165) is 0 Å². The largest absolute Gasteiger partial charge is 0.456 e. The van der Waals surface area contributed by atoms with E-state index in [1.54, 1.807) is 6.92 Å². The highest BCUT2D eigenvalue weighted by Gasteiger charge is 2.18. The zero-order chi connectivity index (χ0) is 6.85. The van der Waals surface area contributed by atoms with Gasteiger partial charge in [0, 0.05) is 6.08 Å². The van der Waals surface area contributed by atoms with Crippen molar-refractivity contribution < 1.29 is 14.6 Å². The first-order valence-electron chi connectivity index (χ1n) is 2.77. The standard InChI is InChI=1S/C6H8O3/c1-4-5(7)2-3-6(8)9-4/h2-5,7H,1H3/t4?,5-/m0/s1. The molecule has 50 valence electrons. The first-order valence-corrected chi connectivity index (χ1v) is 2.77. The highest BCUT2D eigenvalue weighted by Crippen LogP contribution is 2.06. The summed E-state index contributed by atoms with van der Waals surface area (Å²) < 4.78 is 4.62. The Hall–Kier alpha value is -0.830. The predicted octanol–water partition coefficient (Wildman–Crippen LogP) is -0.151. The number of cyclic esters (lactones) is 1. The SMILES string of the molecule is CC1OC(=O)C=C[C@@H]1O. The number of esters is 1. The number of hydrogen-bond donors (Lipinski definition) is 1. The third-order valence-corrected chi connectivity index (χ3v) is 1.21. The number of rotatable bonds is 0. The van der Waals surface area contributed by atoms with E-state index in [0.29, 0.717) is 0 Å². The Bertz CT molecular complexity index is 150. The molecule has 1 aliphatic rings. The van der Waals surface area contributed by atoms with Crippen LogP contribution in [0, 0.1) is 0 Å². The molecule has 0 radical (unpaired) electrons. The number of carbonyl (C=O) groups excluding carboxylic acids is 1. The minimum Gasteiger partial charge on any atom is -0.456 e. The Kier molecular flexibility index (Phi) is 1.53. The maximum atomic E-state index is 10.4. The van der Waals surface area contributed by atoms with E-state index in [4.69, 9.17) is 5.11 Å². The van der Waals surface area contributed by atoms with Gasteiger partial charge in [-0.25, -0.2) is 4.79 Å². The number of ether oxygens (including phenoxy) is 1. The molecule has 1 aliphatic heterocycles. The van der Waals surface area contributed by atoms with E-state index in [1.807, 2.05) is 0 Å². The molecule has 3 nitrogen and oxygen atoms in total. The molecule has 0 spiro atoms. The summed E-state index contributed by atoms with van der Waals surface area (Å²) in [5.74, 6) is -0.382. The molecule has 1 rings (SSSR count). The zero-order valence-corrected chi connectivity index (χ0v) is 5.07. The van der Waals surface area contributed by atoms with Crippen LogP contribution in [0.15, 0.2) is 12.2 Å². The lowest BCUT2D eigenvalue weighted by molar-refractivity contribution is -0.148. The second kappa shape index (κ2) is 2.19. The maximum Gasteiger partial charge on any atom is 0.330 e. The summed E-state index contributed by atoms with van der Waals surface area (Å²) in [5, 5.41) is 8.93. The smallest absolute Gasteiger partial charge is 0.330 e. The van der Waals surface area contributed by atoms with Crippen LogP contribution in [0.4, 0.5) is 0 Å². The third kappa shape index (κ3) is 1.29. The molecule has 1 heterocycles. The molecule has 0 aromatic rings. The van der Waals surface area contributed by atoms with Crippen molar-refractivity contribution in [2.45, 2.75) is 19.1 Å². The lowest BCUT2D eigenvalue weighted by atomic mass is 10.2. The second-order valence-corrected chi connectivity index (χ2v) is 1.99. The topological polar surface area (TPSA) is 46.5 Å². The Morgan fingerprint density at radius 3 is 2.89 bits per heavy atom. The van der Waals surface area contributed by atoms with Crippen LogP contribution in [0.3, 0.4) is 0 Å². The summed E-state index contributed by atoms with van der Waals surface area (Å²) >= 11 is 0. The van der Waals surface area contributed by atoms with E-state index in [9.17, 15) is 4.79 Å². The highest BCUT2D eigenvalue weighted by molar-refractivity contribution is 5.83. The average Bonchev–Trinajstić information content (AvgIpc) is 1.80. The van der Waals surface area contributed by atoms with Gasteiger partial charge in [0.1, 0.15) is 12.2 Å². The van der Waals surface area contributed by atoms with Crippen LogP contribution in [0.1, 0.15) is 6.92 Å². The predicted molar refractivity (Wildman–Crippen MR) is 30.7 cm³/mol. The van der Waals surface area contributed by atoms with E-state index < -0.39 is 12.2 Å². The highest BCUT2D eigenvalue weighted by atomic mass is 16.6. The van der Waals surface area contributed by atoms with Crippen molar-refractivity contribution in [2.75, 3.05) is 0 Å². The van der Waals surface area contributed by atoms with Gasteiger partial charge in [0.25, 0.3) is 0 Å². The molecule has 1 N–H and O–H groups in total. The molecule has 0 fully saturated rings. The molecule has 0 bridgehead atoms. The van der Waals surface area contributed by atoms with Crippen molar-refractivity contribution >= 4 is 5.97 Å². The van der Waals surface area contributed by atoms with Crippen molar-refractivity contribution in [1.82, 2.24) is 0 Å². The van der Waals surface area contributed by atoms with Crippen LogP contribution in [0.25, 0.3) is 0 Å². The Balaban J connectivity index is 2.65. The summed E-state index contributed by atoms with van der Waals surface area (Å²) in [6.07, 6.45) is 1.62. The Morgan fingerprint density at radius 1 is 1.78 bits per heavy atom. The van der Waals surface area contributed by atoms with Gasteiger partial charge in [-0.05, 0) is 13.0 Å². The van der Waals surface area contributed by atoms with Crippen LogP contribution in [0.5, 0.6) is 0 Å². The van der Waals surface area contributed by atoms with Gasteiger partial charge < -0.3 is 9.84 Å². The molecule has 2 atom stereocenters. The quantitative estimate of drug-likeness (QED) is 0.461. The lowest BCUT2D eigenvalue weighted by Crippen LogP contribution is -2.29. The molecule has 1 unspecified atom stereocenters. The Labute approximate surface area is 52.9 Å². The molecule has 3 heteroatoms. The number of hydrogen-bond acceptors (Lipinski definition) is 3. The Morgan fingerprint density at radius 2 is 2.44 bits per heavy atom. The van der Waals surface area contributed by atoms with Crippen molar-refractivity contribution in [1.29, 1.82) is 0 Å². The summed E-state index contributed by atoms with van der Waals surface area (Å²) in [6, 6.07) is 0. The van der Waals surface area contributed by atoms with Gasteiger partial charge in [0.15, 0.2) is 0 Å². The number of aliphatic hydroxyl groups is 1. The van der Waals surface area contributed by atoms with Crippen molar-refractivity contribution in [3.63, 3.8) is 0 Å². The monoisotopic (exact) mass is 128 g/mol. The normalized spacial score (nSPS) is 34.2. The van der Waals surface area contributed by atoms with Crippen LogP contribution in [-0.4, -0.2) is 23.3 Å². The zero-order valence-electron chi connectivity index (χ0n) is 5.07. The van der Waals surface area contributed by atoms with Gasteiger partial charge in [0.05, 0.1) is 0 Å². The van der Waals surface area contributed by atoms with Gasteiger partial charge in [0.2, 0.25) is 0 Å². The van der Waals surface area contributed by atoms with Crippen LogP contribution < -0.4 is 0 Å². The third-order valence-electron chi connectivity index (χ3n) is 1.21. The van der Waals surface area contributed by atoms with Gasteiger partial charge in [-0.1, -0.05) is 0 Å². The molecule has 0 saturated heterocycles. The second-order valence-electron chi connectivity index (χ2n) is 1.99. The summed E-state index contributed by atoms with van der Waals surface area (Å²) in [7, 11) is 0. The van der Waals surface area contributed by atoms with E-state index in [2.05, 4.69) is 4.74 Å². The van der Waals surface area contributed by atoms with Gasteiger partial charge >= 0.3 is 5.97 Å². The fraction of sp³-hybridized carbons (Fsp3) is 0.500. The van der Waals surface area contributed by atoms with E-state index in [1.165, 1.54) is 12.2 Å². The van der Waals surface area contributed by atoms with E-state index in [-0.39, 0.29) is 5.97 Å². The summed E-state index contributed by atoms with van der Waals surface area (Å²) in [6.45, 7) is 1.64.